The van der Waals surface area contributed by atoms with Crippen LogP contribution >= 0.6 is 0 Å². The van der Waals surface area contributed by atoms with Crippen molar-refractivity contribution in [3.8, 4) is 0 Å². The van der Waals surface area contributed by atoms with Crippen molar-refractivity contribution in [2.45, 2.75) is 56.5 Å². The normalized spacial score (nSPS) is 20.6. The van der Waals surface area contributed by atoms with Gasteiger partial charge in [-0.05, 0) is 19.3 Å². The number of ether oxygens (including phenoxy) is 2. The van der Waals surface area contributed by atoms with Crippen LogP contribution in [0.15, 0.2) is 30.3 Å². The molecule has 2 saturated heterocycles. The molecular formula is C24H30N4O9. The number of Topliss-reactive ketones (excluding diaryl/α,β-unsaturated/α-hetero) is 1. The maximum absolute atomic E-state index is 13.5. The van der Waals surface area contributed by atoms with Crippen molar-refractivity contribution in [2.24, 2.45) is 0 Å². The van der Waals surface area contributed by atoms with Gasteiger partial charge >= 0.3 is 5.97 Å². The van der Waals surface area contributed by atoms with Gasteiger partial charge in [0.05, 0.1) is 12.5 Å². The van der Waals surface area contributed by atoms with E-state index in [1.165, 1.54) is 31.4 Å². The average Bonchev–Trinajstić information content (AvgIpc) is 3.01. The van der Waals surface area contributed by atoms with Crippen LogP contribution in [0.25, 0.3) is 0 Å². The minimum Gasteiger partial charge on any atom is -0.481 e. The molecule has 1 aromatic carbocycles. The zero-order chi connectivity index (χ0) is 27.1. The number of carbonyl (C=O) groups is 6. The summed E-state index contributed by atoms with van der Waals surface area (Å²) in [6.07, 6.45) is -1.12. The molecule has 0 spiro atoms. The van der Waals surface area contributed by atoms with Crippen molar-refractivity contribution in [2.75, 3.05) is 20.8 Å². The van der Waals surface area contributed by atoms with Gasteiger partial charge in [0.25, 0.3) is 11.8 Å². The first kappa shape index (κ1) is 27.7. The summed E-state index contributed by atoms with van der Waals surface area (Å²) in [5.74, 6) is -4.89. The Labute approximate surface area is 213 Å². The molecule has 2 aliphatic heterocycles. The molecule has 3 unspecified atom stereocenters. The predicted octanol–water partition coefficient (Wildman–Crippen LogP) is -0.539. The molecule has 200 valence electrons. The molecule has 3 rings (SSSR count). The number of carboxylic acids is 1. The van der Waals surface area contributed by atoms with Crippen molar-refractivity contribution < 1.29 is 43.3 Å². The third-order valence-corrected chi connectivity index (χ3v) is 6.23. The molecule has 3 N–H and O–H groups in total. The SMILES string of the molecule is COC(OC)C(CC(=O)O)NC(=O)C1CCCN2C(=O)CCC(NC(=O)C(=O)c3ccccc3)C(=O)N12. The Morgan fingerprint density at radius 2 is 1.76 bits per heavy atom. The van der Waals surface area contributed by atoms with Gasteiger partial charge < -0.3 is 25.2 Å². The fraction of sp³-hybridized carbons (Fsp3) is 0.500. The molecule has 1 aromatic rings. The maximum atomic E-state index is 13.5. The first-order chi connectivity index (χ1) is 17.7. The highest BCUT2D eigenvalue weighted by Crippen LogP contribution is 2.25. The van der Waals surface area contributed by atoms with Crippen LogP contribution in [0.1, 0.15) is 42.5 Å². The van der Waals surface area contributed by atoms with Crippen LogP contribution in [0.3, 0.4) is 0 Å². The summed E-state index contributed by atoms with van der Waals surface area (Å²) in [6, 6.07) is 4.36. The second kappa shape index (κ2) is 12.4. The van der Waals surface area contributed by atoms with Crippen LogP contribution in [-0.4, -0.2) is 95.7 Å². The van der Waals surface area contributed by atoms with Gasteiger partial charge in [-0.25, -0.2) is 5.01 Å². The van der Waals surface area contributed by atoms with Crippen molar-refractivity contribution in [1.29, 1.82) is 0 Å². The number of aliphatic carboxylic acids is 1. The number of carboxylic acid groups (broad SMARTS) is 1. The minimum absolute atomic E-state index is 0.0517. The van der Waals surface area contributed by atoms with Crippen LogP contribution in [0.5, 0.6) is 0 Å². The van der Waals surface area contributed by atoms with E-state index in [2.05, 4.69) is 10.6 Å². The van der Waals surface area contributed by atoms with E-state index in [4.69, 9.17) is 9.47 Å². The average molecular weight is 519 g/mol. The number of hydrogen-bond acceptors (Lipinski definition) is 8. The molecule has 4 amide bonds. The molecule has 3 atom stereocenters. The summed E-state index contributed by atoms with van der Waals surface area (Å²) in [7, 11) is 2.58. The monoisotopic (exact) mass is 518 g/mol. The number of hydrogen-bond donors (Lipinski definition) is 3. The predicted molar refractivity (Wildman–Crippen MR) is 126 cm³/mol. The quantitative estimate of drug-likeness (QED) is 0.209. The van der Waals surface area contributed by atoms with Crippen LogP contribution < -0.4 is 10.6 Å². The number of carbonyl (C=O) groups excluding carboxylic acids is 5. The Kier molecular flexibility index (Phi) is 9.31. The van der Waals surface area contributed by atoms with E-state index in [1.54, 1.807) is 18.2 Å². The topological polar surface area (TPSA) is 172 Å². The van der Waals surface area contributed by atoms with Gasteiger partial charge in [0, 0.05) is 32.7 Å². The first-order valence-electron chi connectivity index (χ1n) is 11.8. The van der Waals surface area contributed by atoms with Crippen molar-refractivity contribution in [3.63, 3.8) is 0 Å². The molecule has 13 heteroatoms. The van der Waals surface area contributed by atoms with Gasteiger partial charge in [0.1, 0.15) is 12.1 Å². The lowest BCUT2D eigenvalue weighted by Gasteiger charge is -2.43. The molecule has 0 saturated carbocycles. The fourth-order valence-corrected chi connectivity index (χ4v) is 4.46. The smallest absolute Gasteiger partial charge is 0.305 e. The standard InChI is InChI=1S/C24H30N4O9/c1-36-24(37-2)16(13-19(30)31)26-21(33)17-9-6-12-27-18(29)11-10-15(23(35)28(17)27)25-22(34)20(32)14-7-4-3-5-8-14/h3-5,7-8,15-17,24H,6,9-13H2,1-2H3,(H,25,34)(H,26,33)(H,30,31). The van der Waals surface area contributed by atoms with Gasteiger partial charge in [-0.2, -0.15) is 0 Å². The van der Waals surface area contributed by atoms with E-state index in [9.17, 15) is 33.9 Å². The second-order valence-corrected chi connectivity index (χ2v) is 8.67. The highest BCUT2D eigenvalue weighted by molar-refractivity contribution is 6.43. The highest BCUT2D eigenvalue weighted by atomic mass is 16.7. The number of amides is 4. The summed E-state index contributed by atoms with van der Waals surface area (Å²) in [5.41, 5.74) is 0.143. The summed E-state index contributed by atoms with van der Waals surface area (Å²) < 4.78 is 10.2. The molecule has 0 aliphatic carbocycles. The van der Waals surface area contributed by atoms with Gasteiger partial charge in [-0.3, -0.25) is 33.8 Å². The number of benzene rings is 1. The minimum atomic E-state index is -1.22. The first-order valence-corrected chi connectivity index (χ1v) is 11.8. The maximum Gasteiger partial charge on any atom is 0.305 e. The Morgan fingerprint density at radius 3 is 2.38 bits per heavy atom. The van der Waals surface area contributed by atoms with Crippen molar-refractivity contribution >= 4 is 35.4 Å². The molecule has 2 aliphatic rings. The zero-order valence-electron chi connectivity index (χ0n) is 20.5. The van der Waals surface area contributed by atoms with Gasteiger partial charge in [-0.1, -0.05) is 30.3 Å². The second-order valence-electron chi connectivity index (χ2n) is 8.67. The lowest BCUT2D eigenvalue weighted by Crippen LogP contribution is -2.65. The number of nitrogens with one attached hydrogen (secondary N) is 2. The number of ketones is 1. The van der Waals surface area contributed by atoms with Gasteiger partial charge in [0.2, 0.25) is 17.6 Å². The summed E-state index contributed by atoms with van der Waals surface area (Å²) in [5, 5.41) is 16.4. The highest BCUT2D eigenvalue weighted by Gasteiger charge is 2.45. The van der Waals surface area contributed by atoms with E-state index < -0.39 is 66.2 Å². The number of fused-ring (bicyclic) bond motifs is 1. The molecule has 13 nitrogen and oxygen atoms in total. The van der Waals surface area contributed by atoms with E-state index in [-0.39, 0.29) is 31.4 Å². The van der Waals surface area contributed by atoms with Gasteiger partial charge in [0.15, 0.2) is 6.29 Å². The number of hydrazine groups is 1. The third-order valence-electron chi connectivity index (χ3n) is 6.23. The lowest BCUT2D eigenvalue weighted by molar-refractivity contribution is -0.177. The van der Waals surface area contributed by atoms with Crippen LogP contribution in [0, 0.1) is 0 Å². The lowest BCUT2D eigenvalue weighted by atomic mass is 10.0. The molecule has 0 aromatic heterocycles. The summed E-state index contributed by atoms with van der Waals surface area (Å²) in [6.45, 7) is 0.190. The largest absolute Gasteiger partial charge is 0.481 e. The molecule has 2 heterocycles. The Morgan fingerprint density at radius 1 is 1.08 bits per heavy atom. The molecule has 0 bridgehead atoms. The fourth-order valence-electron chi connectivity index (χ4n) is 4.46. The molecular weight excluding hydrogens is 488 g/mol. The van der Waals surface area contributed by atoms with Crippen LogP contribution in [-0.2, 0) is 33.4 Å². The summed E-state index contributed by atoms with van der Waals surface area (Å²) >= 11 is 0. The number of methoxy groups -OCH3 is 2. The summed E-state index contributed by atoms with van der Waals surface area (Å²) in [4.78, 5) is 76.1. The Bertz CT molecular complexity index is 1040. The van der Waals surface area contributed by atoms with Crippen LogP contribution in [0.4, 0.5) is 0 Å². The third kappa shape index (κ3) is 6.49. The molecule has 2 fully saturated rings. The van der Waals surface area contributed by atoms with E-state index >= 15 is 0 Å². The van der Waals surface area contributed by atoms with E-state index in [0.29, 0.717) is 6.42 Å². The molecule has 0 radical (unpaired) electrons. The number of rotatable bonds is 10. The van der Waals surface area contributed by atoms with E-state index in [1.807, 2.05) is 0 Å². The van der Waals surface area contributed by atoms with Gasteiger partial charge in [-0.15, -0.1) is 0 Å². The number of nitrogens with zero attached hydrogens (tertiary/aromatic N) is 2. The van der Waals surface area contributed by atoms with Crippen LogP contribution in [0.2, 0.25) is 0 Å². The van der Waals surface area contributed by atoms with Crippen molar-refractivity contribution in [1.82, 2.24) is 20.7 Å². The zero-order valence-corrected chi connectivity index (χ0v) is 20.5. The van der Waals surface area contributed by atoms with E-state index in [0.717, 1.165) is 5.01 Å². The van der Waals surface area contributed by atoms with Crippen molar-refractivity contribution in [3.05, 3.63) is 35.9 Å². The Balaban J connectivity index is 1.81. The Hall–Kier alpha value is -3.84. The molecule has 37 heavy (non-hydrogen) atoms.